The van der Waals surface area contributed by atoms with E-state index >= 15 is 0 Å². The van der Waals surface area contributed by atoms with Crippen molar-refractivity contribution in [1.29, 1.82) is 0 Å². The SMILES string of the molecule is CC(=O)CC(=O)c1ccccc1.CC(=O)c1cn[nH]c1N.CC(=O)c1cnn2c(C(F)(F)F)cc(-c3ccccc3)nc12.CC(=O)c1cnn2c1NC(c1ccccc1)CC2C(F)(F)F.[B].[H-].[Na+]. The van der Waals surface area contributed by atoms with E-state index in [0.29, 0.717) is 27.0 Å². The number of Topliss-reactive ketones (excluding diaryl/α,β-unsaturated/α-hetero) is 5. The van der Waals surface area contributed by atoms with Crippen molar-refractivity contribution in [1.82, 2.24) is 34.6 Å². The predicted molar refractivity (Wildman–Crippen MR) is 234 cm³/mol. The molecule has 2 atom stereocenters. The average molecular weight is 937 g/mol. The molecule has 4 aromatic heterocycles. The van der Waals surface area contributed by atoms with Gasteiger partial charge in [0.25, 0.3) is 0 Å². The zero-order valence-electron chi connectivity index (χ0n) is 37.7. The molecule has 343 valence electrons. The van der Waals surface area contributed by atoms with Crippen molar-refractivity contribution < 1.29 is 81.3 Å². The molecule has 0 saturated carbocycles. The van der Waals surface area contributed by atoms with E-state index in [1.165, 1.54) is 40.1 Å². The van der Waals surface area contributed by atoms with Gasteiger partial charge in [-0.15, -0.1) is 0 Å². The largest absolute Gasteiger partial charge is 1.00 e. The number of alkyl halides is 6. The summed E-state index contributed by atoms with van der Waals surface area (Å²) < 4.78 is 81.3. The minimum absolute atomic E-state index is 0. The van der Waals surface area contributed by atoms with Crippen LogP contribution in [0.4, 0.5) is 38.0 Å². The van der Waals surface area contributed by atoms with Crippen molar-refractivity contribution >= 4 is 54.6 Å². The average Bonchev–Trinajstić information content (AvgIpc) is 4.02. The van der Waals surface area contributed by atoms with E-state index in [-0.39, 0.29) is 109 Å². The molecule has 5 heterocycles. The molecule has 22 heteroatoms. The third-order valence-electron chi connectivity index (χ3n) is 9.58. The Morgan fingerprint density at radius 2 is 1.28 bits per heavy atom. The van der Waals surface area contributed by atoms with Gasteiger partial charge in [0.1, 0.15) is 17.4 Å². The van der Waals surface area contributed by atoms with Crippen LogP contribution in [0.15, 0.2) is 116 Å². The molecule has 7 aromatic rings. The number of halogens is 6. The van der Waals surface area contributed by atoms with Crippen molar-refractivity contribution in [3.8, 4) is 11.3 Å². The summed E-state index contributed by atoms with van der Waals surface area (Å²) in [5.74, 6) is -0.505. The Morgan fingerprint density at radius 1 is 0.746 bits per heavy atom. The van der Waals surface area contributed by atoms with E-state index in [2.05, 4.69) is 30.7 Å². The predicted octanol–water partition coefficient (Wildman–Crippen LogP) is 6.14. The number of rotatable bonds is 8. The van der Waals surface area contributed by atoms with Crippen molar-refractivity contribution in [2.45, 2.75) is 65.0 Å². The fraction of sp³-hybridized carbons (Fsp3) is 0.222. The van der Waals surface area contributed by atoms with Gasteiger partial charge in [0.2, 0.25) is 0 Å². The number of nitrogen functional groups attached to an aromatic ring is 1. The number of nitrogens with zero attached hydrogens (tertiary/aromatic N) is 6. The maximum atomic E-state index is 13.3. The topological polar surface area (TPSA) is 200 Å². The zero-order valence-corrected chi connectivity index (χ0v) is 38.7. The summed E-state index contributed by atoms with van der Waals surface area (Å²) in [7, 11) is 0. The van der Waals surface area contributed by atoms with Crippen LogP contribution < -0.4 is 40.6 Å². The number of ketones is 5. The van der Waals surface area contributed by atoms with Gasteiger partial charge in [0.15, 0.2) is 40.5 Å². The van der Waals surface area contributed by atoms with Crippen LogP contribution in [0.3, 0.4) is 0 Å². The first-order chi connectivity index (χ1) is 30.7. The molecule has 1 aliphatic heterocycles. The number of aromatic nitrogens is 7. The van der Waals surface area contributed by atoms with Crippen LogP contribution in [0.2, 0.25) is 0 Å². The number of H-pyrrole nitrogens is 1. The van der Waals surface area contributed by atoms with Gasteiger partial charge >= 0.3 is 41.9 Å². The minimum atomic E-state index is -4.61. The molecule has 0 fully saturated rings. The summed E-state index contributed by atoms with van der Waals surface area (Å²) >= 11 is 0. The maximum Gasteiger partial charge on any atom is 1.00 e. The standard InChI is InChI=1S/C15H14F3N3O.C15H10F3N3O.C10H10O2.C5H7N3O.B.Na.H/c2*1-9(22)11-8-19-21-13(15(16,17)18)7-12(20-14(11)21)10-5-3-2-4-6-10;1-8(11)7-10(12)9-5-3-2-4-6-9;1-3(9)4-2-7-8-5(4)6;;;/h2-6,8,12-13,20H,7H2,1H3;2-8H,1H3;2-6H,7H2,1H3;2H,1H3,(H3,6,7,8);;;/q;;;;;+1;-1. The third-order valence-corrected chi connectivity index (χ3v) is 9.58. The second-order valence-electron chi connectivity index (χ2n) is 14.5. The van der Waals surface area contributed by atoms with Crippen LogP contribution in [0, 0.1) is 0 Å². The first-order valence-corrected chi connectivity index (χ1v) is 19.5. The normalized spacial score (nSPS) is 13.8. The number of nitrogens with two attached hydrogens (primary N) is 1. The van der Waals surface area contributed by atoms with Crippen molar-refractivity contribution in [2.75, 3.05) is 11.1 Å². The van der Waals surface area contributed by atoms with Crippen LogP contribution in [-0.2, 0) is 11.0 Å². The van der Waals surface area contributed by atoms with Crippen LogP contribution in [0.5, 0.6) is 0 Å². The zero-order chi connectivity index (χ0) is 47.6. The summed E-state index contributed by atoms with van der Waals surface area (Å²) in [5.41, 5.74) is 6.95. The maximum absolute atomic E-state index is 13.3. The fourth-order valence-corrected chi connectivity index (χ4v) is 6.42. The van der Waals surface area contributed by atoms with E-state index in [4.69, 9.17) is 5.73 Å². The number of carbonyl (C=O) groups is 5. The molecule has 0 bridgehead atoms. The van der Waals surface area contributed by atoms with Crippen LogP contribution in [0.25, 0.3) is 16.9 Å². The summed E-state index contributed by atoms with van der Waals surface area (Å²) in [6.45, 7) is 5.44. The van der Waals surface area contributed by atoms with Crippen LogP contribution in [-0.4, -0.2) is 78.1 Å². The first-order valence-electron chi connectivity index (χ1n) is 19.5. The summed E-state index contributed by atoms with van der Waals surface area (Å²) in [5, 5.41) is 16.5. The molecule has 0 saturated heterocycles. The van der Waals surface area contributed by atoms with Crippen LogP contribution >= 0.6 is 0 Å². The van der Waals surface area contributed by atoms with E-state index in [1.54, 1.807) is 84.9 Å². The Morgan fingerprint density at radius 3 is 1.76 bits per heavy atom. The van der Waals surface area contributed by atoms with Gasteiger partial charge in [0, 0.05) is 26.0 Å². The number of nitrogens with one attached hydrogen (secondary N) is 2. The Balaban J connectivity index is 0.000000324. The number of fused-ring (bicyclic) bond motifs is 2. The number of carbonyl (C=O) groups excluding carboxylic acids is 5. The van der Waals surface area contributed by atoms with Crippen molar-refractivity contribution in [3.63, 3.8) is 0 Å². The van der Waals surface area contributed by atoms with E-state index in [0.717, 1.165) is 22.5 Å². The van der Waals surface area contributed by atoms with Gasteiger partial charge in [-0.3, -0.25) is 29.1 Å². The molecule has 0 amide bonds. The molecule has 67 heavy (non-hydrogen) atoms. The molecule has 2 unspecified atom stereocenters. The number of anilines is 2. The van der Waals surface area contributed by atoms with E-state index in [1.807, 2.05) is 6.07 Å². The van der Waals surface area contributed by atoms with Crippen molar-refractivity contribution in [3.05, 3.63) is 149 Å². The molecule has 14 nitrogen and oxygen atoms in total. The van der Waals surface area contributed by atoms with Gasteiger partial charge in [-0.25, -0.2) is 14.2 Å². The molecule has 3 aromatic carbocycles. The summed E-state index contributed by atoms with van der Waals surface area (Å²) in [6, 6.07) is 24.9. The molecule has 8 rings (SSSR count). The number of hydrogen-bond acceptors (Lipinski definition) is 11. The number of hydrogen-bond donors (Lipinski definition) is 3. The summed E-state index contributed by atoms with van der Waals surface area (Å²) in [4.78, 5) is 59.8. The molecule has 3 radical (unpaired) electrons. The van der Waals surface area contributed by atoms with Gasteiger partial charge in [-0.1, -0.05) is 91.0 Å². The van der Waals surface area contributed by atoms with Crippen LogP contribution in [0.1, 0.15) is 107 Å². The van der Waals surface area contributed by atoms with Gasteiger partial charge < -0.3 is 12.5 Å². The summed E-state index contributed by atoms with van der Waals surface area (Å²) in [6.07, 6.45) is -5.48. The Kier molecular flexibility index (Phi) is 19.3. The monoisotopic (exact) mass is 936 g/mol. The fourth-order valence-electron chi connectivity index (χ4n) is 6.42. The number of benzene rings is 3. The second-order valence-corrected chi connectivity index (χ2v) is 14.5. The molecule has 4 N–H and O–H groups in total. The first kappa shape index (κ1) is 54.6. The van der Waals surface area contributed by atoms with Gasteiger partial charge in [-0.05, 0) is 39.3 Å². The molecular weight excluding hydrogens is 894 g/mol. The van der Waals surface area contributed by atoms with Gasteiger partial charge in [-0.2, -0.15) is 41.6 Å². The van der Waals surface area contributed by atoms with Gasteiger partial charge in [0.05, 0.1) is 53.4 Å². The Labute approximate surface area is 405 Å². The molecule has 0 spiro atoms. The van der Waals surface area contributed by atoms with E-state index < -0.39 is 30.1 Å². The molecule has 1 aliphatic rings. The minimum Gasteiger partial charge on any atom is -1.00 e. The molecular formula is C45H42BF6N9NaO5. The Hall–Kier alpha value is -6.71. The Bertz CT molecular complexity index is 2810. The van der Waals surface area contributed by atoms with Crippen molar-refractivity contribution in [2.24, 2.45) is 0 Å². The molecule has 0 aliphatic carbocycles. The second kappa shape index (κ2) is 23.7. The van der Waals surface area contributed by atoms with E-state index in [9.17, 15) is 50.3 Å². The quantitative estimate of drug-likeness (QED) is 0.0684. The third kappa shape index (κ3) is 14.1. The number of aromatic amines is 1. The smallest absolute Gasteiger partial charge is 1.00 e.